The van der Waals surface area contributed by atoms with Crippen LogP contribution < -0.4 is 0 Å². The fraction of sp³-hybridized carbons (Fsp3) is 0.0833. The number of hydrogen-bond acceptors (Lipinski definition) is 3. The smallest absolute Gasteiger partial charge is 0.265 e. The second-order valence-corrected chi connectivity index (χ2v) is 6.42. The Morgan fingerprint density at radius 2 is 1.65 bits per heavy atom. The van der Waals surface area contributed by atoms with Gasteiger partial charge in [-0.2, -0.15) is 13.2 Å². The number of benzene rings is 1. The molecule has 0 bridgehead atoms. The van der Waals surface area contributed by atoms with Crippen LogP contribution >= 0.6 is 10.7 Å². The van der Waals surface area contributed by atoms with Crippen molar-refractivity contribution in [3.05, 3.63) is 48.3 Å². The molecule has 1 aromatic heterocycles. The molecule has 0 atom stereocenters. The molecule has 106 valence electrons. The second-order valence-electron chi connectivity index (χ2n) is 3.88. The van der Waals surface area contributed by atoms with E-state index in [1.165, 1.54) is 24.5 Å². The number of pyridine rings is 1. The predicted molar refractivity (Wildman–Crippen MR) is 67.7 cm³/mol. The molecule has 1 heterocycles. The molecule has 0 aliphatic rings. The summed E-state index contributed by atoms with van der Waals surface area (Å²) in [6, 6.07) is 5.37. The lowest BCUT2D eigenvalue weighted by atomic mass is 10.0. The molecule has 0 N–H and O–H groups in total. The Labute approximate surface area is 117 Å². The summed E-state index contributed by atoms with van der Waals surface area (Å²) in [5.41, 5.74) is -0.571. The lowest BCUT2D eigenvalue weighted by molar-refractivity contribution is -0.137. The summed E-state index contributed by atoms with van der Waals surface area (Å²) in [4.78, 5) is 3.17. The van der Waals surface area contributed by atoms with Gasteiger partial charge in [0.15, 0.2) is 0 Å². The first-order chi connectivity index (χ1) is 9.19. The Morgan fingerprint density at radius 3 is 2.15 bits per heavy atom. The molecule has 8 heteroatoms. The van der Waals surface area contributed by atoms with E-state index in [1.807, 2.05) is 0 Å². The van der Waals surface area contributed by atoms with Crippen molar-refractivity contribution in [1.29, 1.82) is 0 Å². The molecule has 0 spiro atoms. The third kappa shape index (κ3) is 3.10. The van der Waals surface area contributed by atoms with Crippen LogP contribution in [0.1, 0.15) is 5.56 Å². The Balaban J connectivity index is 2.71. The van der Waals surface area contributed by atoms with E-state index in [2.05, 4.69) is 4.98 Å². The average molecular weight is 322 g/mol. The van der Waals surface area contributed by atoms with Crippen LogP contribution in [0.15, 0.2) is 47.6 Å². The molecule has 0 radical (unpaired) electrons. The van der Waals surface area contributed by atoms with Crippen LogP contribution in [0.25, 0.3) is 11.1 Å². The topological polar surface area (TPSA) is 47.0 Å². The highest BCUT2D eigenvalue weighted by Crippen LogP contribution is 2.36. The van der Waals surface area contributed by atoms with E-state index in [0.717, 1.165) is 12.1 Å². The highest BCUT2D eigenvalue weighted by atomic mass is 35.7. The van der Waals surface area contributed by atoms with Gasteiger partial charge in [-0.05, 0) is 29.8 Å². The van der Waals surface area contributed by atoms with Crippen LogP contribution in [0.5, 0.6) is 0 Å². The van der Waals surface area contributed by atoms with E-state index in [0.29, 0.717) is 11.6 Å². The van der Waals surface area contributed by atoms with Gasteiger partial charge in [-0.3, -0.25) is 4.98 Å². The van der Waals surface area contributed by atoms with Crippen LogP contribution in [0, 0.1) is 0 Å². The minimum Gasteiger partial charge on any atom is -0.265 e. The molecule has 0 unspecified atom stereocenters. The molecular formula is C12H7ClF3NO2S. The van der Waals surface area contributed by atoms with Gasteiger partial charge in [0.2, 0.25) is 0 Å². The molecule has 0 aliphatic carbocycles. The number of nitrogens with zero attached hydrogens (tertiary/aromatic N) is 1. The summed E-state index contributed by atoms with van der Waals surface area (Å²) in [6.45, 7) is 0. The minimum atomic E-state index is -4.65. The first kappa shape index (κ1) is 14.8. The maximum Gasteiger partial charge on any atom is 0.416 e. The molecule has 3 nitrogen and oxygen atoms in total. The summed E-state index contributed by atoms with van der Waals surface area (Å²) in [5, 5.41) is 0. The molecule has 1 aromatic carbocycles. The first-order valence-electron chi connectivity index (χ1n) is 5.26. The lowest BCUT2D eigenvalue weighted by Crippen LogP contribution is -2.07. The molecule has 2 aromatic rings. The number of alkyl halides is 3. The zero-order valence-corrected chi connectivity index (χ0v) is 11.3. The van der Waals surface area contributed by atoms with E-state index in [4.69, 9.17) is 10.7 Å². The Bertz CT molecular complexity index is 730. The molecule has 0 saturated heterocycles. The fourth-order valence-corrected chi connectivity index (χ4v) is 2.77. The van der Waals surface area contributed by atoms with Gasteiger partial charge in [0.1, 0.15) is 0 Å². The normalized spacial score (nSPS) is 12.4. The van der Waals surface area contributed by atoms with Crippen molar-refractivity contribution in [2.75, 3.05) is 0 Å². The zero-order chi connectivity index (χ0) is 15.0. The van der Waals surface area contributed by atoms with Gasteiger partial charge in [-0.25, -0.2) is 8.42 Å². The van der Waals surface area contributed by atoms with Gasteiger partial charge >= 0.3 is 6.18 Å². The molecular weight excluding hydrogens is 315 g/mol. The van der Waals surface area contributed by atoms with Crippen LogP contribution in [0.4, 0.5) is 13.2 Å². The van der Waals surface area contributed by atoms with Crippen molar-refractivity contribution in [2.45, 2.75) is 11.1 Å². The summed E-state index contributed by atoms with van der Waals surface area (Å²) in [7, 11) is 0.912. The monoisotopic (exact) mass is 321 g/mol. The maximum atomic E-state index is 12.6. The van der Waals surface area contributed by atoms with E-state index < -0.39 is 25.7 Å². The summed E-state index contributed by atoms with van der Waals surface area (Å²) in [5.74, 6) is 0. The van der Waals surface area contributed by atoms with Gasteiger partial charge in [0, 0.05) is 28.6 Å². The maximum absolute atomic E-state index is 12.6. The third-order valence-corrected chi connectivity index (χ3v) is 3.92. The number of rotatable bonds is 2. The molecule has 0 amide bonds. The Hall–Kier alpha value is -1.60. The minimum absolute atomic E-state index is 0.0930. The van der Waals surface area contributed by atoms with Crippen LogP contribution in [-0.2, 0) is 15.2 Å². The largest absolute Gasteiger partial charge is 0.416 e. The van der Waals surface area contributed by atoms with Crippen molar-refractivity contribution in [3.8, 4) is 11.1 Å². The second kappa shape index (κ2) is 5.06. The van der Waals surface area contributed by atoms with Gasteiger partial charge < -0.3 is 0 Å². The molecule has 20 heavy (non-hydrogen) atoms. The summed E-state index contributed by atoms with van der Waals surface area (Å²) < 4.78 is 60.9. The van der Waals surface area contributed by atoms with Crippen molar-refractivity contribution >= 4 is 19.7 Å². The van der Waals surface area contributed by atoms with Gasteiger partial charge in [0.05, 0.1) is 10.5 Å². The third-order valence-electron chi connectivity index (χ3n) is 2.56. The lowest BCUT2D eigenvalue weighted by Gasteiger charge is -2.11. The van der Waals surface area contributed by atoms with Gasteiger partial charge in [-0.1, -0.05) is 6.07 Å². The van der Waals surface area contributed by atoms with E-state index >= 15 is 0 Å². The molecule has 0 fully saturated rings. The Morgan fingerprint density at radius 1 is 1.05 bits per heavy atom. The quantitative estimate of drug-likeness (QED) is 0.792. The van der Waals surface area contributed by atoms with Crippen LogP contribution in [-0.4, -0.2) is 13.4 Å². The van der Waals surface area contributed by atoms with Gasteiger partial charge in [0.25, 0.3) is 9.05 Å². The Kier molecular flexibility index (Phi) is 3.75. The molecule has 2 rings (SSSR count). The molecule has 0 aliphatic heterocycles. The number of halogens is 4. The first-order valence-corrected chi connectivity index (χ1v) is 7.57. The summed E-state index contributed by atoms with van der Waals surface area (Å²) in [6.07, 6.45) is -1.84. The van der Waals surface area contributed by atoms with Gasteiger partial charge in [-0.15, -0.1) is 0 Å². The van der Waals surface area contributed by atoms with Crippen molar-refractivity contribution in [3.63, 3.8) is 0 Å². The van der Waals surface area contributed by atoms with Crippen molar-refractivity contribution in [1.82, 2.24) is 4.98 Å². The number of aromatic nitrogens is 1. The zero-order valence-electron chi connectivity index (χ0n) is 9.73. The van der Waals surface area contributed by atoms with E-state index in [9.17, 15) is 21.6 Å². The predicted octanol–water partition coefficient (Wildman–Crippen LogP) is 3.69. The van der Waals surface area contributed by atoms with Crippen LogP contribution in [0.3, 0.4) is 0 Å². The molecule has 0 saturated carbocycles. The number of hydrogen-bond donors (Lipinski definition) is 0. The highest BCUT2D eigenvalue weighted by Gasteiger charge is 2.32. The SMILES string of the molecule is O=S(=O)(Cl)c1cc(C(F)(F)F)ccc1-c1ccncc1. The van der Waals surface area contributed by atoms with E-state index in [-0.39, 0.29) is 5.56 Å². The van der Waals surface area contributed by atoms with Crippen molar-refractivity contribution < 1.29 is 21.6 Å². The summed E-state index contributed by atoms with van der Waals surface area (Å²) >= 11 is 0. The van der Waals surface area contributed by atoms with E-state index in [1.54, 1.807) is 0 Å². The van der Waals surface area contributed by atoms with Crippen LogP contribution in [0.2, 0.25) is 0 Å². The highest BCUT2D eigenvalue weighted by molar-refractivity contribution is 8.13. The fourth-order valence-electron chi connectivity index (χ4n) is 1.67. The standard InChI is InChI=1S/C12H7ClF3NO2S/c13-20(18,19)11-7-9(12(14,15)16)1-2-10(11)8-3-5-17-6-4-8/h1-7H. The van der Waals surface area contributed by atoms with Crippen molar-refractivity contribution in [2.24, 2.45) is 0 Å². The average Bonchev–Trinajstić information content (AvgIpc) is 2.37.